The normalized spacial score (nSPS) is 10.7. The number of carbonyl (C=O) groups is 1. The van der Waals surface area contributed by atoms with Crippen molar-refractivity contribution in [1.82, 2.24) is 9.55 Å². The number of hydrogen-bond acceptors (Lipinski definition) is 4. The minimum Gasteiger partial charge on any atom is -0.496 e. The van der Waals surface area contributed by atoms with Gasteiger partial charge in [-0.15, -0.1) is 4.98 Å². The van der Waals surface area contributed by atoms with Crippen LogP contribution in [0, 0.1) is 27.3 Å². The Bertz CT molecular complexity index is 1110. The van der Waals surface area contributed by atoms with Crippen molar-refractivity contribution in [2.75, 3.05) is 12.8 Å². The summed E-state index contributed by atoms with van der Waals surface area (Å²) in [5.41, 5.74) is 9.56. The molecule has 3 N–H and O–H groups in total. The standard InChI is InChI=1S/C19H18N4O3/c1-9-6-7-13(26-5)11(3)15(9)23-16(20)14(19(24)25)12-8-10(2)17(21-4)22-18(12)23/h6-8H,20H2,1-3,5H3,(H,24,25). The maximum absolute atomic E-state index is 11.8. The van der Waals surface area contributed by atoms with Crippen molar-refractivity contribution in [1.29, 1.82) is 0 Å². The number of carboxylic acids is 1. The molecule has 2 aromatic heterocycles. The van der Waals surface area contributed by atoms with E-state index in [2.05, 4.69) is 9.83 Å². The Labute approximate surface area is 150 Å². The molecule has 0 aliphatic carbocycles. The molecule has 7 heteroatoms. The second kappa shape index (κ2) is 6.08. The maximum atomic E-state index is 11.8. The molecule has 0 saturated heterocycles. The average molecular weight is 350 g/mol. The predicted octanol–water partition coefficient (Wildman–Crippen LogP) is 3.79. The van der Waals surface area contributed by atoms with Crippen molar-refractivity contribution in [3.63, 3.8) is 0 Å². The molecule has 0 radical (unpaired) electrons. The summed E-state index contributed by atoms with van der Waals surface area (Å²) >= 11 is 0. The molecule has 7 nitrogen and oxygen atoms in total. The fraction of sp³-hybridized carbons (Fsp3) is 0.211. The molecule has 0 unspecified atom stereocenters. The van der Waals surface area contributed by atoms with Crippen LogP contribution in [0.25, 0.3) is 21.6 Å². The molecule has 0 fully saturated rings. The molecule has 26 heavy (non-hydrogen) atoms. The zero-order valence-corrected chi connectivity index (χ0v) is 14.9. The van der Waals surface area contributed by atoms with E-state index in [-0.39, 0.29) is 17.2 Å². The summed E-state index contributed by atoms with van der Waals surface area (Å²) in [4.78, 5) is 19.7. The molecule has 0 spiro atoms. The van der Waals surface area contributed by atoms with Crippen molar-refractivity contribution in [3.8, 4) is 11.4 Å². The monoisotopic (exact) mass is 350 g/mol. The predicted molar refractivity (Wildman–Crippen MR) is 99.5 cm³/mol. The number of fused-ring (bicyclic) bond motifs is 1. The van der Waals surface area contributed by atoms with Crippen LogP contribution in [-0.4, -0.2) is 27.7 Å². The summed E-state index contributed by atoms with van der Waals surface area (Å²) in [6.07, 6.45) is 0. The van der Waals surface area contributed by atoms with Crippen LogP contribution in [-0.2, 0) is 0 Å². The molecule has 132 valence electrons. The highest BCUT2D eigenvalue weighted by molar-refractivity contribution is 6.09. The van der Waals surface area contributed by atoms with Gasteiger partial charge < -0.3 is 20.4 Å². The van der Waals surface area contributed by atoms with Gasteiger partial charge in [0.25, 0.3) is 5.82 Å². The SMILES string of the molecule is [C-]#[N+]c1nc2c(cc1C)c(C(=O)O)c(N)n2-c1c(C)ccc(OC)c1C. The zero-order valence-electron chi connectivity index (χ0n) is 14.9. The molecule has 1 aromatic carbocycles. The molecule has 0 aliphatic heterocycles. The van der Waals surface area contributed by atoms with Gasteiger partial charge in [0, 0.05) is 5.56 Å². The lowest BCUT2D eigenvalue weighted by atomic mass is 10.1. The van der Waals surface area contributed by atoms with Gasteiger partial charge in [-0.1, -0.05) is 18.7 Å². The summed E-state index contributed by atoms with van der Waals surface area (Å²) < 4.78 is 6.99. The van der Waals surface area contributed by atoms with Crippen LogP contribution in [0.1, 0.15) is 27.0 Å². The minimum absolute atomic E-state index is 0.0197. The fourth-order valence-electron chi connectivity index (χ4n) is 3.26. The largest absolute Gasteiger partial charge is 0.496 e. The average Bonchev–Trinajstić information content (AvgIpc) is 2.86. The number of benzene rings is 1. The lowest BCUT2D eigenvalue weighted by Gasteiger charge is -2.15. The minimum atomic E-state index is -1.14. The van der Waals surface area contributed by atoms with Gasteiger partial charge in [0.2, 0.25) is 5.65 Å². The first-order chi connectivity index (χ1) is 12.3. The van der Waals surface area contributed by atoms with Crippen LogP contribution >= 0.6 is 0 Å². The van der Waals surface area contributed by atoms with Crippen LogP contribution in [0.5, 0.6) is 5.75 Å². The van der Waals surface area contributed by atoms with E-state index in [1.54, 1.807) is 24.7 Å². The number of pyridine rings is 1. The highest BCUT2D eigenvalue weighted by atomic mass is 16.5. The molecule has 0 saturated carbocycles. The van der Waals surface area contributed by atoms with E-state index in [0.717, 1.165) is 11.1 Å². The van der Waals surface area contributed by atoms with E-state index >= 15 is 0 Å². The number of rotatable bonds is 3. The number of nitrogen functional groups attached to an aromatic ring is 1. The van der Waals surface area contributed by atoms with Gasteiger partial charge in [0.05, 0.1) is 18.2 Å². The summed E-state index contributed by atoms with van der Waals surface area (Å²) in [7, 11) is 1.57. The summed E-state index contributed by atoms with van der Waals surface area (Å²) in [6, 6.07) is 5.37. The van der Waals surface area contributed by atoms with Crippen molar-refractivity contribution >= 4 is 28.6 Å². The number of aryl methyl sites for hydroxylation is 2. The van der Waals surface area contributed by atoms with Gasteiger partial charge in [-0.25, -0.2) is 4.79 Å². The van der Waals surface area contributed by atoms with Crippen molar-refractivity contribution in [2.24, 2.45) is 0 Å². The zero-order chi connectivity index (χ0) is 19.2. The number of hydrogen-bond donors (Lipinski definition) is 2. The van der Waals surface area contributed by atoms with Gasteiger partial charge in [-0.2, -0.15) is 0 Å². The number of anilines is 1. The van der Waals surface area contributed by atoms with Gasteiger partial charge in [-0.3, -0.25) is 4.57 Å². The van der Waals surface area contributed by atoms with Gasteiger partial charge in [0.1, 0.15) is 17.1 Å². The van der Waals surface area contributed by atoms with E-state index in [1.165, 1.54) is 0 Å². The van der Waals surface area contributed by atoms with Crippen LogP contribution in [0.4, 0.5) is 11.6 Å². The van der Waals surface area contributed by atoms with Crippen LogP contribution in [0.15, 0.2) is 18.2 Å². The summed E-state index contributed by atoms with van der Waals surface area (Å²) in [5.74, 6) is -0.199. The molecule has 0 bridgehead atoms. The van der Waals surface area contributed by atoms with E-state index in [0.29, 0.717) is 28.0 Å². The smallest absolute Gasteiger partial charge is 0.340 e. The van der Waals surface area contributed by atoms with Crippen LogP contribution < -0.4 is 10.5 Å². The molecule has 2 heterocycles. The molecular weight excluding hydrogens is 332 g/mol. The molecule has 3 aromatic rings. The number of carboxylic acid groups (broad SMARTS) is 1. The first-order valence-corrected chi connectivity index (χ1v) is 7.88. The van der Waals surface area contributed by atoms with E-state index in [9.17, 15) is 9.90 Å². The topological polar surface area (TPSA) is 94.7 Å². The number of aromatic nitrogens is 2. The van der Waals surface area contributed by atoms with E-state index < -0.39 is 5.97 Å². The van der Waals surface area contributed by atoms with E-state index in [4.69, 9.17) is 17.0 Å². The van der Waals surface area contributed by atoms with Gasteiger partial charge in [-0.05, 0) is 38.0 Å². The van der Waals surface area contributed by atoms with Crippen molar-refractivity contribution in [2.45, 2.75) is 20.8 Å². The third-order valence-electron chi connectivity index (χ3n) is 4.49. The highest BCUT2D eigenvalue weighted by Gasteiger charge is 2.27. The number of nitrogens with zero attached hydrogens (tertiary/aromatic N) is 3. The third kappa shape index (κ3) is 2.35. The fourth-order valence-corrected chi connectivity index (χ4v) is 3.26. The highest BCUT2D eigenvalue weighted by Crippen LogP contribution is 2.37. The van der Waals surface area contributed by atoms with Crippen LogP contribution in [0.2, 0.25) is 0 Å². The number of aromatic carboxylic acids is 1. The van der Waals surface area contributed by atoms with Crippen molar-refractivity contribution in [3.05, 3.63) is 51.9 Å². The Kier molecular flexibility index (Phi) is 4.04. The molecule has 3 rings (SSSR count). The Morgan fingerprint density at radius 3 is 2.58 bits per heavy atom. The second-order valence-corrected chi connectivity index (χ2v) is 6.07. The molecule has 0 atom stereocenters. The molecule has 0 amide bonds. The van der Waals surface area contributed by atoms with Gasteiger partial charge in [0.15, 0.2) is 0 Å². The second-order valence-electron chi connectivity index (χ2n) is 6.07. The Hall–Kier alpha value is -3.53. The Morgan fingerprint density at radius 1 is 1.31 bits per heavy atom. The van der Waals surface area contributed by atoms with Crippen molar-refractivity contribution < 1.29 is 14.6 Å². The Balaban J connectivity index is 2.54. The number of methoxy groups -OCH3 is 1. The first kappa shape index (κ1) is 17.3. The van der Waals surface area contributed by atoms with Crippen LogP contribution in [0.3, 0.4) is 0 Å². The van der Waals surface area contributed by atoms with E-state index in [1.807, 2.05) is 26.0 Å². The summed E-state index contributed by atoms with van der Waals surface area (Å²) in [6.45, 7) is 12.8. The molecular formula is C19H18N4O3. The number of ether oxygens (including phenoxy) is 1. The maximum Gasteiger partial charge on any atom is 0.340 e. The third-order valence-corrected chi connectivity index (χ3v) is 4.49. The number of nitrogens with two attached hydrogens (primary N) is 1. The first-order valence-electron chi connectivity index (χ1n) is 7.88. The molecule has 0 aliphatic rings. The quantitative estimate of drug-likeness (QED) is 0.701. The lowest BCUT2D eigenvalue weighted by molar-refractivity contribution is 0.0700. The lowest BCUT2D eigenvalue weighted by Crippen LogP contribution is -2.08. The van der Waals surface area contributed by atoms with Gasteiger partial charge >= 0.3 is 5.97 Å². The Morgan fingerprint density at radius 2 is 2.00 bits per heavy atom. The summed E-state index contributed by atoms with van der Waals surface area (Å²) in [5, 5.41) is 10.1.